The highest BCUT2D eigenvalue weighted by Crippen LogP contribution is 2.38. The highest BCUT2D eigenvalue weighted by atomic mass is 31.2. The van der Waals surface area contributed by atoms with Crippen LogP contribution in [0.4, 0.5) is 0 Å². The van der Waals surface area contributed by atoms with Crippen molar-refractivity contribution in [3.05, 3.63) is 12.2 Å². The van der Waals surface area contributed by atoms with E-state index in [0.29, 0.717) is 17.4 Å². The quantitative estimate of drug-likeness (QED) is 0.0617. The zero-order chi connectivity index (χ0) is 26.4. The van der Waals surface area contributed by atoms with Crippen molar-refractivity contribution in [1.82, 2.24) is 0 Å². The number of hydrogen-bond donors (Lipinski definition) is 1. The van der Waals surface area contributed by atoms with E-state index in [9.17, 15) is 19.4 Å². The Morgan fingerprint density at radius 3 is 2.00 bits per heavy atom. The number of carbonyl (C=O) groups is 1. The average molecular weight is 522 g/mol. The van der Waals surface area contributed by atoms with Gasteiger partial charge in [-0.15, -0.1) is 0 Å². The molecule has 0 heterocycles. The number of aliphatic hydroxyl groups excluding tert-OH is 1. The fourth-order valence-corrected chi connectivity index (χ4v) is 4.03. The molecule has 0 fully saturated rings. The first-order valence-corrected chi connectivity index (χ1v) is 14.9. The molecule has 0 rings (SSSR count). The summed E-state index contributed by atoms with van der Waals surface area (Å²) in [4.78, 5) is 23.5. The lowest BCUT2D eigenvalue weighted by molar-refractivity contribution is -0.870. The van der Waals surface area contributed by atoms with Crippen LogP contribution in [0.15, 0.2) is 12.2 Å². The SMILES string of the molecule is CCCCCC/C=C\CCCCCCCCCC(=O)OC[C@@H](O)COP(=O)([O-])OCC[N+](C)(C)C. The van der Waals surface area contributed by atoms with E-state index < -0.39 is 26.5 Å². The number of aliphatic hydroxyl groups is 1. The van der Waals surface area contributed by atoms with Crippen LogP contribution in [0.25, 0.3) is 0 Å². The van der Waals surface area contributed by atoms with Crippen molar-refractivity contribution in [2.24, 2.45) is 0 Å². The molecule has 9 heteroatoms. The van der Waals surface area contributed by atoms with Gasteiger partial charge in [0, 0.05) is 6.42 Å². The molecule has 1 N–H and O–H groups in total. The van der Waals surface area contributed by atoms with Gasteiger partial charge in [0.2, 0.25) is 0 Å². The summed E-state index contributed by atoms with van der Waals surface area (Å²) < 4.78 is 26.7. The summed E-state index contributed by atoms with van der Waals surface area (Å²) in [5.74, 6) is -0.393. The van der Waals surface area contributed by atoms with Gasteiger partial charge in [0.25, 0.3) is 7.82 Å². The molecule has 0 aromatic rings. The molecular weight excluding hydrogens is 469 g/mol. The van der Waals surface area contributed by atoms with E-state index in [1.165, 1.54) is 64.2 Å². The summed E-state index contributed by atoms with van der Waals surface area (Å²) >= 11 is 0. The molecule has 0 bridgehead atoms. The molecule has 0 aromatic heterocycles. The fraction of sp³-hybridized carbons (Fsp3) is 0.885. The molecule has 1 unspecified atom stereocenters. The first-order chi connectivity index (χ1) is 16.6. The normalized spacial score (nSPS) is 14.8. The van der Waals surface area contributed by atoms with Gasteiger partial charge in [0.05, 0.1) is 27.7 Å². The topological polar surface area (TPSA) is 105 Å². The summed E-state index contributed by atoms with van der Waals surface area (Å²) in [7, 11) is 1.25. The Morgan fingerprint density at radius 1 is 0.886 bits per heavy atom. The Morgan fingerprint density at radius 2 is 1.43 bits per heavy atom. The number of hydrogen-bond acceptors (Lipinski definition) is 7. The van der Waals surface area contributed by atoms with Gasteiger partial charge in [-0.3, -0.25) is 9.36 Å². The molecule has 0 spiro atoms. The van der Waals surface area contributed by atoms with E-state index in [2.05, 4.69) is 23.6 Å². The zero-order valence-corrected chi connectivity index (χ0v) is 23.6. The zero-order valence-electron chi connectivity index (χ0n) is 22.8. The standard InChI is InChI=1S/C26H52NO7P/c1-5-6-7-8-9-10-11-12-13-14-15-16-17-18-19-20-26(29)32-23-25(28)24-34-35(30,31)33-22-21-27(2,3)4/h10-11,25,28H,5-9,12-24H2,1-4H3/b11-10-/t25-/m1/s1. The van der Waals surface area contributed by atoms with Crippen molar-refractivity contribution in [2.75, 3.05) is 47.5 Å². The van der Waals surface area contributed by atoms with Gasteiger partial charge >= 0.3 is 5.97 Å². The summed E-state index contributed by atoms with van der Waals surface area (Å²) in [6.45, 7) is 1.91. The number of esters is 1. The predicted octanol–water partition coefficient (Wildman–Crippen LogP) is 5.14. The van der Waals surface area contributed by atoms with Crippen LogP contribution >= 0.6 is 7.82 Å². The van der Waals surface area contributed by atoms with E-state index in [4.69, 9.17) is 9.26 Å². The predicted molar refractivity (Wildman–Crippen MR) is 139 cm³/mol. The molecule has 0 amide bonds. The number of likely N-dealkylation sites (N-methyl/N-ethyl adjacent to an activating group) is 1. The van der Waals surface area contributed by atoms with Crippen molar-refractivity contribution in [2.45, 2.75) is 103 Å². The van der Waals surface area contributed by atoms with Crippen LogP contribution in [0.5, 0.6) is 0 Å². The molecule has 0 aliphatic carbocycles. The molecule has 35 heavy (non-hydrogen) atoms. The molecule has 0 aliphatic rings. The molecular formula is C26H52NO7P. The molecule has 0 saturated carbocycles. The summed E-state index contributed by atoms with van der Waals surface area (Å²) in [5, 5.41) is 9.79. The van der Waals surface area contributed by atoms with E-state index >= 15 is 0 Å². The summed E-state index contributed by atoms with van der Waals surface area (Å²) in [6, 6.07) is 0. The van der Waals surface area contributed by atoms with Crippen LogP contribution in [0, 0.1) is 0 Å². The van der Waals surface area contributed by atoms with Crippen LogP contribution in [0.1, 0.15) is 96.8 Å². The Hall–Kier alpha value is -0.760. The number of allylic oxidation sites excluding steroid dienone is 2. The minimum absolute atomic E-state index is 0.00798. The van der Waals surface area contributed by atoms with Gasteiger partial charge in [-0.25, -0.2) is 0 Å². The molecule has 0 radical (unpaired) electrons. The first kappa shape index (κ1) is 34.2. The number of phosphoric ester groups is 1. The smallest absolute Gasteiger partial charge is 0.305 e. The Labute approximate surface area is 214 Å². The molecule has 208 valence electrons. The molecule has 8 nitrogen and oxygen atoms in total. The van der Waals surface area contributed by atoms with Gasteiger partial charge in [0.1, 0.15) is 25.9 Å². The maximum atomic E-state index is 11.8. The maximum absolute atomic E-state index is 11.8. The number of phosphoric acid groups is 1. The number of rotatable bonds is 24. The lowest BCUT2D eigenvalue weighted by Gasteiger charge is -2.27. The van der Waals surface area contributed by atoms with Gasteiger partial charge in [-0.1, -0.05) is 70.4 Å². The van der Waals surface area contributed by atoms with Crippen molar-refractivity contribution < 1.29 is 37.6 Å². The number of nitrogens with zero attached hydrogens (tertiary/aromatic N) is 1. The van der Waals surface area contributed by atoms with Gasteiger partial charge in [0.15, 0.2) is 0 Å². The lowest BCUT2D eigenvalue weighted by Crippen LogP contribution is -2.37. The van der Waals surface area contributed by atoms with Crippen LogP contribution in [0.3, 0.4) is 0 Å². The van der Waals surface area contributed by atoms with E-state index in [1.807, 2.05) is 21.1 Å². The number of quaternary nitrogens is 1. The van der Waals surface area contributed by atoms with Crippen LogP contribution in [0.2, 0.25) is 0 Å². The van der Waals surface area contributed by atoms with Gasteiger partial charge < -0.3 is 28.3 Å². The third kappa shape index (κ3) is 26.1. The largest absolute Gasteiger partial charge is 0.756 e. The minimum Gasteiger partial charge on any atom is -0.756 e. The van der Waals surface area contributed by atoms with Crippen molar-refractivity contribution in [3.63, 3.8) is 0 Å². The lowest BCUT2D eigenvalue weighted by atomic mass is 10.1. The van der Waals surface area contributed by atoms with Gasteiger partial charge in [-0.2, -0.15) is 0 Å². The van der Waals surface area contributed by atoms with E-state index in [1.54, 1.807) is 0 Å². The van der Waals surface area contributed by atoms with E-state index in [-0.39, 0.29) is 13.2 Å². The highest BCUT2D eigenvalue weighted by Gasteiger charge is 2.16. The second-order valence-electron chi connectivity index (χ2n) is 10.3. The summed E-state index contributed by atoms with van der Waals surface area (Å²) in [5.41, 5.74) is 0. The van der Waals surface area contributed by atoms with Crippen molar-refractivity contribution >= 4 is 13.8 Å². The molecule has 0 aliphatic heterocycles. The second-order valence-corrected chi connectivity index (χ2v) is 11.7. The van der Waals surface area contributed by atoms with E-state index in [0.717, 1.165) is 19.3 Å². The van der Waals surface area contributed by atoms with Crippen LogP contribution in [-0.2, 0) is 23.1 Å². The third-order valence-electron chi connectivity index (χ3n) is 5.52. The van der Waals surface area contributed by atoms with Crippen LogP contribution in [-0.4, -0.2) is 69.2 Å². The monoisotopic (exact) mass is 521 g/mol. The van der Waals surface area contributed by atoms with Crippen molar-refractivity contribution in [3.8, 4) is 0 Å². The average Bonchev–Trinajstić information content (AvgIpc) is 2.78. The molecule has 0 aromatic carbocycles. The Kier molecular flexibility index (Phi) is 20.9. The summed E-state index contributed by atoms with van der Waals surface area (Å²) in [6.07, 6.45) is 19.1. The third-order valence-corrected chi connectivity index (χ3v) is 6.48. The maximum Gasteiger partial charge on any atom is 0.305 e. The van der Waals surface area contributed by atoms with Crippen LogP contribution < -0.4 is 4.89 Å². The number of ether oxygens (including phenoxy) is 1. The molecule has 0 saturated heterocycles. The number of carbonyl (C=O) groups excluding carboxylic acids is 1. The Balaban J connectivity index is 3.58. The Bertz CT molecular complexity index is 593. The second kappa shape index (κ2) is 21.3. The molecule has 2 atom stereocenters. The van der Waals surface area contributed by atoms with Crippen molar-refractivity contribution in [1.29, 1.82) is 0 Å². The fourth-order valence-electron chi connectivity index (χ4n) is 3.29. The minimum atomic E-state index is -4.49. The highest BCUT2D eigenvalue weighted by molar-refractivity contribution is 7.45. The first-order valence-electron chi connectivity index (χ1n) is 13.4. The number of unbranched alkanes of at least 4 members (excludes halogenated alkanes) is 11. The van der Waals surface area contributed by atoms with Gasteiger partial charge in [-0.05, 0) is 32.1 Å².